The van der Waals surface area contributed by atoms with E-state index in [9.17, 15) is 4.79 Å². The van der Waals surface area contributed by atoms with Gasteiger partial charge in [-0.05, 0) is 30.5 Å². The Labute approximate surface area is 110 Å². The molecule has 0 unspecified atom stereocenters. The van der Waals surface area contributed by atoms with Gasteiger partial charge in [-0.2, -0.15) is 0 Å². The molecule has 2 aromatic rings. The fourth-order valence-corrected chi connectivity index (χ4v) is 1.91. The summed E-state index contributed by atoms with van der Waals surface area (Å²) in [5.74, 6) is 0. The highest BCUT2D eigenvalue weighted by molar-refractivity contribution is 7.98. The van der Waals surface area contributed by atoms with Crippen molar-refractivity contribution < 1.29 is 9.21 Å². The molecule has 1 heterocycles. The van der Waals surface area contributed by atoms with Crippen LogP contribution in [0, 0.1) is 0 Å². The summed E-state index contributed by atoms with van der Waals surface area (Å²) in [6.45, 7) is 0.449. The molecule has 18 heavy (non-hydrogen) atoms. The fraction of sp³-hybridized carbons (Fsp3) is 0.154. The minimum atomic E-state index is -0.227. The number of urea groups is 1. The number of nitrogens with one attached hydrogen (secondary N) is 2. The molecular weight excluding hydrogens is 248 g/mol. The lowest BCUT2D eigenvalue weighted by molar-refractivity contribution is 0.251. The Morgan fingerprint density at radius 1 is 1.39 bits per heavy atom. The highest BCUT2D eigenvalue weighted by Crippen LogP contribution is 2.18. The molecule has 5 heteroatoms. The highest BCUT2D eigenvalue weighted by atomic mass is 32.2. The average molecular weight is 262 g/mol. The van der Waals surface area contributed by atoms with Crippen LogP contribution < -0.4 is 10.6 Å². The molecule has 94 valence electrons. The first-order valence-corrected chi connectivity index (χ1v) is 6.70. The lowest BCUT2D eigenvalue weighted by atomic mass is 10.3. The van der Waals surface area contributed by atoms with Gasteiger partial charge in [0.25, 0.3) is 0 Å². The van der Waals surface area contributed by atoms with Gasteiger partial charge < -0.3 is 15.1 Å². The molecule has 0 aliphatic carbocycles. The molecule has 0 bridgehead atoms. The molecule has 0 fully saturated rings. The molecule has 0 saturated carbocycles. The Hall–Kier alpha value is -1.88. The molecule has 2 N–H and O–H groups in total. The summed E-state index contributed by atoms with van der Waals surface area (Å²) in [7, 11) is 0. The van der Waals surface area contributed by atoms with E-state index in [2.05, 4.69) is 10.6 Å². The third-order valence-corrected chi connectivity index (χ3v) is 3.09. The van der Waals surface area contributed by atoms with E-state index in [-0.39, 0.29) is 6.03 Å². The maximum atomic E-state index is 11.6. The van der Waals surface area contributed by atoms with Crippen molar-refractivity contribution in [1.82, 2.24) is 5.32 Å². The maximum absolute atomic E-state index is 11.6. The lowest BCUT2D eigenvalue weighted by Crippen LogP contribution is -2.27. The molecule has 4 nitrogen and oxygen atoms in total. The molecule has 0 aliphatic rings. The van der Waals surface area contributed by atoms with Crippen molar-refractivity contribution in [2.24, 2.45) is 0 Å². The quantitative estimate of drug-likeness (QED) is 0.831. The minimum absolute atomic E-state index is 0.227. The number of rotatable bonds is 4. The van der Waals surface area contributed by atoms with Crippen LogP contribution in [0.5, 0.6) is 0 Å². The van der Waals surface area contributed by atoms with E-state index < -0.39 is 0 Å². The first-order valence-electron chi connectivity index (χ1n) is 5.48. The minimum Gasteiger partial charge on any atom is -0.472 e. The molecule has 0 atom stereocenters. The van der Waals surface area contributed by atoms with E-state index in [0.29, 0.717) is 6.54 Å². The molecule has 0 spiro atoms. The van der Waals surface area contributed by atoms with Gasteiger partial charge in [-0.15, -0.1) is 11.8 Å². The van der Waals surface area contributed by atoms with Crippen LogP contribution in [-0.2, 0) is 6.54 Å². The zero-order chi connectivity index (χ0) is 12.8. The van der Waals surface area contributed by atoms with E-state index in [1.54, 1.807) is 24.3 Å². The van der Waals surface area contributed by atoms with Crippen LogP contribution in [0.4, 0.5) is 10.5 Å². The summed E-state index contributed by atoms with van der Waals surface area (Å²) in [5, 5.41) is 5.54. The number of hydrogen-bond donors (Lipinski definition) is 2. The maximum Gasteiger partial charge on any atom is 0.319 e. The summed E-state index contributed by atoms with van der Waals surface area (Å²) in [6.07, 6.45) is 5.18. The van der Waals surface area contributed by atoms with Crippen molar-refractivity contribution >= 4 is 23.5 Å². The molecule has 0 radical (unpaired) electrons. The predicted octanol–water partition coefficient (Wildman–Crippen LogP) is 3.32. The number of carbonyl (C=O) groups excluding carboxylic acids is 1. The third-order valence-electron chi connectivity index (χ3n) is 2.36. The van der Waals surface area contributed by atoms with Gasteiger partial charge in [0.1, 0.15) is 0 Å². The van der Waals surface area contributed by atoms with Crippen LogP contribution in [0.2, 0.25) is 0 Å². The number of furan rings is 1. The standard InChI is InChI=1S/C13H14N2O2S/c1-18-12-4-2-3-11(7-12)15-13(16)14-8-10-5-6-17-9-10/h2-7,9H,8H2,1H3,(H2,14,15,16). The van der Waals surface area contributed by atoms with Gasteiger partial charge in [-0.1, -0.05) is 6.07 Å². The largest absolute Gasteiger partial charge is 0.472 e. The number of thioether (sulfide) groups is 1. The third kappa shape index (κ3) is 3.56. The summed E-state index contributed by atoms with van der Waals surface area (Å²) < 4.78 is 4.92. The van der Waals surface area contributed by atoms with Crippen molar-refractivity contribution in [1.29, 1.82) is 0 Å². The monoisotopic (exact) mass is 262 g/mol. The van der Waals surface area contributed by atoms with E-state index in [1.807, 2.05) is 36.6 Å². The molecule has 1 aromatic heterocycles. The topological polar surface area (TPSA) is 54.3 Å². The van der Waals surface area contributed by atoms with Crippen LogP contribution >= 0.6 is 11.8 Å². The second kappa shape index (κ2) is 6.16. The van der Waals surface area contributed by atoms with E-state index in [1.165, 1.54) is 0 Å². The molecular formula is C13H14N2O2S. The Morgan fingerprint density at radius 3 is 3.00 bits per heavy atom. The zero-order valence-corrected chi connectivity index (χ0v) is 10.8. The van der Waals surface area contributed by atoms with Crippen LogP contribution in [-0.4, -0.2) is 12.3 Å². The van der Waals surface area contributed by atoms with Gasteiger partial charge in [0.05, 0.1) is 12.5 Å². The Bertz CT molecular complexity index is 511. The summed E-state index contributed by atoms with van der Waals surface area (Å²) in [5.41, 5.74) is 1.72. The summed E-state index contributed by atoms with van der Waals surface area (Å²) in [6, 6.07) is 9.29. The first-order chi connectivity index (χ1) is 8.78. The van der Waals surface area contributed by atoms with E-state index >= 15 is 0 Å². The molecule has 2 amide bonds. The van der Waals surface area contributed by atoms with Crippen molar-refractivity contribution in [2.75, 3.05) is 11.6 Å². The van der Waals surface area contributed by atoms with E-state index in [0.717, 1.165) is 16.1 Å². The van der Waals surface area contributed by atoms with Crippen LogP contribution in [0.25, 0.3) is 0 Å². The Morgan fingerprint density at radius 2 is 2.28 bits per heavy atom. The highest BCUT2D eigenvalue weighted by Gasteiger charge is 2.02. The number of anilines is 1. The number of hydrogen-bond acceptors (Lipinski definition) is 3. The smallest absolute Gasteiger partial charge is 0.319 e. The second-order valence-electron chi connectivity index (χ2n) is 3.67. The zero-order valence-electron chi connectivity index (χ0n) is 9.97. The van der Waals surface area contributed by atoms with Gasteiger partial charge >= 0.3 is 6.03 Å². The Balaban J connectivity index is 1.86. The lowest BCUT2D eigenvalue weighted by Gasteiger charge is -2.07. The van der Waals surface area contributed by atoms with Crippen molar-refractivity contribution in [3.63, 3.8) is 0 Å². The molecule has 1 aromatic carbocycles. The number of carbonyl (C=O) groups is 1. The van der Waals surface area contributed by atoms with Crippen molar-refractivity contribution in [3.8, 4) is 0 Å². The predicted molar refractivity (Wildman–Crippen MR) is 72.8 cm³/mol. The van der Waals surface area contributed by atoms with Gasteiger partial charge in [-0.25, -0.2) is 4.79 Å². The fourth-order valence-electron chi connectivity index (χ4n) is 1.45. The van der Waals surface area contributed by atoms with Gasteiger partial charge in [0.15, 0.2) is 0 Å². The van der Waals surface area contributed by atoms with Crippen LogP contribution in [0.1, 0.15) is 5.56 Å². The summed E-state index contributed by atoms with van der Waals surface area (Å²) in [4.78, 5) is 12.8. The number of amides is 2. The molecule has 0 saturated heterocycles. The normalized spacial score (nSPS) is 10.1. The average Bonchev–Trinajstić information content (AvgIpc) is 2.90. The second-order valence-corrected chi connectivity index (χ2v) is 4.55. The van der Waals surface area contributed by atoms with Crippen LogP contribution in [0.3, 0.4) is 0 Å². The number of benzene rings is 1. The Kier molecular flexibility index (Phi) is 4.30. The van der Waals surface area contributed by atoms with Crippen molar-refractivity contribution in [2.45, 2.75) is 11.4 Å². The van der Waals surface area contributed by atoms with E-state index in [4.69, 9.17) is 4.42 Å². The SMILES string of the molecule is CSc1cccc(NC(=O)NCc2ccoc2)c1. The van der Waals surface area contributed by atoms with Crippen molar-refractivity contribution in [3.05, 3.63) is 48.4 Å². The van der Waals surface area contributed by atoms with Gasteiger partial charge in [0.2, 0.25) is 0 Å². The summed E-state index contributed by atoms with van der Waals surface area (Å²) >= 11 is 1.64. The first kappa shape index (κ1) is 12.6. The van der Waals surface area contributed by atoms with Gasteiger partial charge in [0, 0.05) is 22.7 Å². The molecule has 0 aliphatic heterocycles. The van der Waals surface area contributed by atoms with Gasteiger partial charge in [-0.3, -0.25) is 0 Å². The molecule has 2 rings (SSSR count). The van der Waals surface area contributed by atoms with Crippen LogP contribution in [0.15, 0.2) is 52.2 Å².